The van der Waals surface area contributed by atoms with Gasteiger partial charge in [0, 0.05) is 11.9 Å². The molecule has 0 aromatic rings. The van der Waals surface area contributed by atoms with Crippen LogP contribution in [0.15, 0.2) is 0 Å². The molecule has 0 aromatic carbocycles. The fourth-order valence-electron chi connectivity index (χ4n) is 1.22. The van der Waals surface area contributed by atoms with Crippen LogP contribution in [0.4, 0.5) is 0 Å². The molecule has 0 bridgehead atoms. The highest BCUT2D eigenvalue weighted by atomic mass is 79.9. The highest BCUT2D eigenvalue weighted by Gasteiger charge is 2.15. The number of hydrogen-bond donors (Lipinski definition) is 0. The summed E-state index contributed by atoms with van der Waals surface area (Å²) < 4.78 is 10.9. The van der Waals surface area contributed by atoms with Crippen LogP contribution in [0, 0.1) is 5.92 Å². The van der Waals surface area contributed by atoms with Crippen LogP contribution >= 0.6 is 15.9 Å². The Morgan fingerprint density at radius 1 is 1.67 bits per heavy atom. The van der Waals surface area contributed by atoms with Crippen LogP contribution in [0.2, 0.25) is 0 Å². The molecule has 12 heavy (non-hydrogen) atoms. The number of rotatable bonds is 5. The van der Waals surface area contributed by atoms with Gasteiger partial charge in [-0.25, -0.2) is 0 Å². The first-order valence-corrected chi connectivity index (χ1v) is 5.70. The van der Waals surface area contributed by atoms with Crippen molar-refractivity contribution in [3.8, 4) is 0 Å². The molecule has 72 valence electrons. The van der Waals surface area contributed by atoms with Crippen molar-refractivity contribution in [3.63, 3.8) is 0 Å². The minimum absolute atomic E-state index is 0.368. The highest BCUT2D eigenvalue weighted by Crippen LogP contribution is 2.12. The van der Waals surface area contributed by atoms with Crippen LogP contribution in [0.25, 0.3) is 0 Å². The van der Waals surface area contributed by atoms with E-state index >= 15 is 0 Å². The van der Waals surface area contributed by atoms with Gasteiger partial charge in [0.05, 0.1) is 19.3 Å². The number of halogens is 1. The van der Waals surface area contributed by atoms with Crippen LogP contribution in [-0.4, -0.2) is 31.3 Å². The maximum absolute atomic E-state index is 5.52. The maximum Gasteiger partial charge on any atom is 0.0809 e. The molecule has 0 aromatic heterocycles. The van der Waals surface area contributed by atoms with E-state index in [0.29, 0.717) is 12.0 Å². The average Bonchev–Trinajstić information content (AvgIpc) is 2.57. The molecule has 0 amide bonds. The zero-order valence-corrected chi connectivity index (χ0v) is 9.18. The molecule has 1 rings (SSSR count). The minimum atomic E-state index is 0.368. The Labute approximate surface area is 82.7 Å². The molecule has 1 saturated heterocycles. The molecule has 2 unspecified atom stereocenters. The van der Waals surface area contributed by atoms with E-state index in [0.717, 1.165) is 25.2 Å². The molecule has 2 atom stereocenters. The molecule has 0 saturated carbocycles. The Bertz CT molecular complexity index is 113. The van der Waals surface area contributed by atoms with Crippen molar-refractivity contribution in [3.05, 3.63) is 0 Å². The second kappa shape index (κ2) is 5.95. The first-order valence-electron chi connectivity index (χ1n) is 4.58. The standard InChI is InChI=1S/C9H17BrO2/c1-8(5-10)6-11-7-9-3-2-4-12-9/h8-9H,2-7H2,1H3. The van der Waals surface area contributed by atoms with Crippen molar-refractivity contribution in [2.24, 2.45) is 5.92 Å². The van der Waals surface area contributed by atoms with Crippen LogP contribution < -0.4 is 0 Å². The molecular weight excluding hydrogens is 220 g/mol. The lowest BCUT2D eigenvalue weighted by Crippen LogP contribution is -2.17. The van der Waals surface area contributed by atoms with E-state index in [4.69, 9.17) is 9.47 Å². The van der Waals surface area contributed by atoms with E-state index in [2.05, 4.69) is 22.9 Å². The number of hydrogen-bond acceptors (Lipinski definition) is 2. The molecule has 1 fully saturated rings. The Morgan fingerprint density at radius 3 is 3.08 bits per heavy atom. The lowest BCUT2D eigenvalue weighted by Gasteiger charge is -2.12. The molecule has 2 nitrogen and oxygen atoms in total. The quantitative estimate of drug-likeness (QED) is 0.682. The Kier molecular flexibility index (Phi) is 5.19. The fraction of sp³-hybridized carbons (Fsp3) is 1.00. The largest absolute Gasteiger partial charge is 0.378 e. The number of ether oxygens (including phenoxy) is 2. The monoisotopic (exact) mass is 236 g/mol. The summed E-state index contributed by atoms with van der Waals surface area (Å²) in [6.45, 7) is 4.70. The molecule has 1 heterocycles. The summed E-state index contributed by atoms with van der Waals surface area (Å²) in [5.74, 6) is 0.603. The van der Waals surface area contributed by atoms with Crippen molar-refractivity contribution < 1.29 is 9.47 Å². The van der Waals surface area contributed by atoms with E-state index in [9.17, 15) is 0 Å². The molecule has 1 aliphatic rings. The van der Waals surface area contributed by atoms with Gasteiger partial charge >= 0.3 is 0 Å². The van der Waals surface area contributed by atoms with E-state index in [-0.39, 0.29) is 0 Å². The van der Waals surface area contributed by atoms with Gasteiger partial charge in [0.15, 0.2) is 0 Å². The molecule has 0 N–H and O–H groups in total. The predicted octanol–water partition coefficient (Wildman–Crippen LogP) is 2.21. The first-order chi connectivity index (χ1) is 5.83. The fourth-order valence-corrected chi connectivity index (χ4v) is 1.41. The van der Waals surface area contributed by atoms with Gasteiger partial charge in [-0.3, -0.25) is 0 Å². The van der Waals surface area contributed by atoms with Crippen LogP contribution in [0.5, 0.6) is 0 Å². The Balaban J connectivity index is 1.94. The lowest BCUT2D eigenvalue weighted by molar-refractivity contribution is 0.00939. The molecular formula is C9H17BrO2. The van der Waals surface area contributed by atoms with E-state index in [1.807, 2.05) is 0 Å². The second-order valence-electron chi connectivity index (χ2n) is 3.43. The van der Waals surface area contributed by atoms with Gasteiger partial charge in [-0.05, 0) is 18.8 Å². The molecule has 3 heteroatoms. The van der Waals surface area contributed by atoms with Crippen molar-refractivity contribution in [2.45, 2.75) is 25.9 Å². The van der Waals surface area contributed by atoms with Crippen LogP contribution in [0.1, 0.15) is 19.8 Å². The molecule has 1 aliphatic heterocycles. The molecule has 0 aliphatic carbocycles. The average molecular weight is 237 g/mol. The first kappa shape index (κ1) is 10.5. The van der Waals surface area contributed by atoms with Gasteiger partial charge < -0.3 is 9.47 Å². The van der Waals surface area contributed by atoms with Crippen molar-refractivity contribution in [2.75, 3.05) is 25.2 Å². The third-order valence-corrected chi connectivity index (χ3v) is 3.10. The van der Waals surface area contributed by atoms with Gasteiger partial charge in [-0.2, -0.15) is 0 Å². The zero-order valence-electron chi connectivity index (χ0n) is 7.59. The van der Waals surface area contributed by atoms with Crippen LogP contribution in [-0.2, 0) is 9.47 Å². The number of alkyl halides is 1. The van der Waals surface area contributed by atoms with Crippen molar-refractivity contribution in [1.29, 1.82) is 0 Å². The summed E-state index contributed by atoms with van der Waals surface area (Å²) >= 11 is 3.42. The summed E-state index contributed by atoms with van der Waals surface area (Å²) in [5, 5.41) is 1.01. The predicted molar refractivity (Wildman–Crippen MR) is 52.8 cm³/mol. The Hall–Kier alpha value is 0.400. The highest BCUT2D eigenvalue weighted by molar-refractivity contribution is 9.09. The topological polar surface area (TPSA) is 18.5 Å². The lowest BCUT2D eigenvalue weighted by atomic mass is 10.2. The van der Waals surface area contributed by atoms with Crippen molar-refractivity contribution in [1.82, 2.24) is 0 Å². The smallest absolute Gasteiger partial charge is 0.0809 e. The Morgan fingerprint density at radius 2 is 2.50 bits per heavy atom. The van der Waals surface area contributed by atoms with Gasteiger partial charge in [0.2, 0.25) is 0 Å². The zero-order chi connectivity index (χ0) is 8.81. The normalized spacial score (nSPS) is 26.0. The van der Waals surface area contributed by atoms with Crippen molar-refractivity contribution >= 4 is 15.9 Å². The maximum atomic E-state index is 5.52. The SMILES string of the molecule is CC(CBr)COCC1CCCO1. The third kappa shape index (κ3) is 3.87. The van der Waals surface area contributed by atoms with Gasteiger partial charge in [-0.15, -0.1) is 0 Å². The minimum Gasteiger partial charge on any atom is -0.378 e. The van der Waals surface area contributed by atoms with E-state index < -0.39 is 0 Å². The molecule has 0 radical (unpaired) electrons. The van der Waals surface area contributed by atoms with E-state index in [1.165, 1.54) is 12.8 Å². The van der Waals surface area contributed by atoms with E-state index in [1.54, 1.807) is 0 Å². The molecule has 0 spiro atoms. The third-order valence-electron chi connectivity index (χ3n) is 1.99. The summed E-state index contributed by atoms with van der Waals surface area (Å²) in [5.41, 5.74) is 0. The van der Waals surface area contributed by atoms with Gasteiger partial charge in [-0.1, -0.05) is 22.9 Å². The summed E-state index contributed by atoms with van der Waals surface area (Å²) in [6, 6.07) is 0. The summed E-state index contributed by atoms with van der Waals surface area (Å²) in [6.07, 6.45) is 2.73. The summed E-state index contributed by atoms with van der Waals surface area (Å²) in [7, 11) is 0. The van der Waals surface area contributed by atoms with Gasteiger partial charge in [0.25, 0.3) is 0 Å². The summed E-state index contributed by atoms with van der Waals surface area (Å²) in [4.78, 5) is 0. The van der Waals surface area contributed by atoms with Gasteiger partial charge in [0.1, 0.15) is 0 Å². The second-order valence-corrected chi connectivity index (χ2v) is 4.08. The van der Waals surface area contributed by atoms with Crippen LogP contribution in [0.3, 0.4) is 0 Å².